The first-order valence-corrected chi connectivity index (χ1v) is 9.30. The normalized spacial score (nSPS) is 27.5. The summed E-state index contributed by atoms with van der Waals surface area (Å²) in [5.41, 5.74) is -0.831. The second-order valence-corrected chi connectivity index (χ2v) is 6.85. The van der Waals surface area contributed by atoms with Crippen LogP contribution in [-0.2, 0) is 35.2 Å². The maximum absolute atomic E-state index is 12.7. The van der Waals surface area contributed by atoms with Crippen LogP contribution in [0.15, 0.2) is 30.3 Å². The number of Topliss-reactive ketones (excluding diaryl/α,β-unsaturated/α-hetero) is 1. The Kier molecular flexibility index (Phi) is 5.67. The minimum absolute atomic E-state index is 0.00885. The standard InChI is InChI=1S/C20H23NO7/c1-3-26-17(23)15-14-13(22)10-20(16(14)15,18(24)27-4-2)21-19(25)28-11-12-8-6-5-7-9-12/h5-9,14-16H,3-4,10-11H2,1-2H3,(H,21,25). The van der Waals surface area contributed by atoms with E-state index in [1.807, 2.05) is 18.2 Å². The lowest BCUT2D eigenvalue weighted by Crippen LogP contribution is -2.57. The van der Waals surface area contributed by atoms with Crippen LogP contribution in [0.25, 0.3) is 0 Å². The number of ketones is 1. The summed E-state index contributed by atoms with van der Waals surface area (Å²) in [5.74, 6) is -3.61. The molecule has 2 saturated carbocycles. The third-order valence-corrected chi connectivity index (χ3v) is 5.15. The number of hydrogen-bond donors (Lipinski definition) is 1. The van der Waals surface area contributed by atoms with Gasteiger partial charge in [0.25, 0.3) is 0 Å². The van der Waals surface area contributed by atoms with Crippen molar-refractivity contribution in [3.05, 3.63) is 35.9 Å². The van der Waals surface area contributed by atoms with E-state index in [1.165, 1.54) is 0 Å². The van der Waals surface area contributed by atoms with Crippen LogP contribution in [0.5, 0.6) is 0 Å². The van der Waals surface area contributed by atoms with Crippen molar-refractivity contribution in [2.45, 2.75) is 32.4 Å². The summed E-state index contributed by atoms with van der Waals surface area (Å²) in [6.07, 6.45) is -1.07. The van der Waals surface area contributed by atoms with Crippen LogP contribution in [0, 0.1) is 17.8 Å². The molecule has 8 heteroatoms. The molecule has 1 amide bonds. The Morgan fingerprint density at radius 3 is 2.39 bits per heavy atom. The van der Waals surface area contributed by atoms with Gasteiger partial charge in [0, 0.05) is 18.3 Å². The van der Waals surface area contributed by atoms with Crippen LogP contribution >= 0.6 is 0 Å². The summed E-state index contributed by atoms with van der Waals surface area (Å²) in [7, 11) is 0. The Balaban J connectivity index is 1.75. The van der Waals surface area contributed by atoms with E-state index in [0.717, 1.165) is 5.56 Å². The fourth-order valence-electron chi connectivity index (χ4n) is 3.95. The Hall–Kier alpha value is -2.90. The van der Waals surface area contributed by atoms with Gasteiger partial charge in [-0.05, 0) is 19.4 Å². The number of ether oxygens (including phenoxy) is 3. The molecule has 1 aromatic rings. The second kappa shape index (κ2) is 8.00. The lowest BCUT2D eigenvalue weighted by atomic mass is 9.90. The fraction of sp³-hybridized carbons (Fsp3) is 0.500. The van der Waals surface area contributed by atoms with Gasteiger partial charge in [-0.1, -0.05) is 30.3 Å². The van der Waals surface area contributed by atoms with Gasteiger partial charge in [-0.25, -0.2) is 9.59 Å². The topological polar surface area (TPSA) is 108 Å². The zero-order chi connectivity index (χ0) is 20.3. The number of rotatable bonds is 7. The maximum Gasteiger partial charge on any atom is 0.408 e. The van der Waals surface area contributed by atoms with Gasteiger partial charge in [0.05, 0.1) is 19.1 Å². The predicted octanol–water partition coefficient (Wildman–Crippen LogP) is 1.61. The number of fused-ring (bicyclic) bond motifs is 1. The number of esters is 2. The van der Waals surface area contributed by atoms with Gasteiger partial charge in [-0.3, -0.25) is 9.59 Å². The van der Waals surface area contributed by atoms with Gasteiger partial charge in [0.15, 0.2) is 5.54 Å². The van der Waals surface area contributed by atoms with Gasteiger partial charge >= 0.3 is 18.0 Å². The lowest BCUT2D eigenvalue weighted by Gasteiger charge is -2.29. The van der Waals surface area contributed by atoms with Crippen LogP contribution in [0.3, 0.4) is 0 Å². The third-order valence-electron chi connectivity index (χ3n) is 5.15. The van der Waals surface area contributed by atoms with E-state index < -0.39 is 41.3 Å². The molecule has 0 aliphatic heterocycles. The molecule has 2 aliphatic rings. The van der Waals surface area contributed by atoms with E-state index in [-0.39, 0.29) is 32.0 Å². The van der Waals surface area contributed by atoms with Crippen molar-refractivity contribution in [2.24, 2.45) is 17.8 Å². The molecule has 0 radical (unpaired) electrons. The van der Waals surface area contributed by atoms with Crippen LogP contribution in [-0.4, -0.2) is 42.6 Å². The van der Waals surface area contributed by atoms with Crippen molar-refractivity contribution in [3.8, 4) is 0 Å². The van der Waals surface area contributed by atoms with Crippen LogP contribution in [0.2, 0.25) is 0 Å². The first kappa shape index (κ1) is 19.9. The molecule has 3 rings (SSSR count). The molecule has 2 fully saturated rings. The predicted molar refractivity (Wildman–Crippen MR) is 95.9 cm³/mol. The second-order valence-electron chi connectivity index (χ2n) is 6.85. The lowest BCUT2D eigenvalue weighted by molar-refractivity contribution is -0.154. The number of nitrogens with one attached hydrogen (secondary N) is 1. The number of carbonyl (C=O) groups excluding carboxylic acids is 4. The number of carbonyl (C=O) groups is 4. The Morgan fingerprint density at radius 2 is 1.75 bits per heavy atom. The van der Waals surface area contributed by atoms with Crippen molar-refractivity contribution in [1.29, 1.82) is 0 Å². The molecular weight excluding hydrogens is 366 g/mol. The smallest absolute Gasteiger partial charge is 0.408 e. The van der Waals surface area contributed by atoms with E-state index in [1.54, 1.807) is 26.0 Å². The van der Waals surface area contributed by atoms with Crippen LogP contribution in [0.4, 0.5) is 4.79 Å². The molecule has 28 heavy (non-hydrogen) atoms. The monoisotopic (exact) mass is 389 g/mol. The molecule has 0 bridgehead atoms. The molecule has 0 heterocycles. The zero-order valence-electron chi connectivity index (χ0n) is 15.8. The summed E-state index contributed by atoms with van der Waals surface area (Å²) in [5, 5.41) is 2.53. The minimum atomic E-state index is -1.61. The van der Waals surface area contributed by atoms with Crippen molar-refractivity contribution in [2.75, 3.05) is 13.2 Å². The Bertz CT molecular complexity index is 778. The van der Waals surface area contributed by atoms with E-state index in [0.29, 0.717) is 0 Å². The molecule has 150 valence electrons. The first-order chi connectivity index (χ1) is 13.4. The van der Waals surface area contributed by atoms with Crippen molar-refractivity contribution >= 4 is 23.8 Å². The molecule has 0 aromatic heterocycles. The minimum Gasteiger partial charge on any atom is -0.466 e. The number of amides is 1. The van der Waals surface area contributed by atoms with Crippen molar-refractivity contribution in [1.82, 2.24) is 5.32 Å². The Morgan fingerprint density at radius 1 is 1.07 bits per heavy atom. The molecule has 4 unspecified atom stereocenters. The quantitative estimate of drug-likeness (QED) is 0.557. The fourth-order valence-corrected chi connectivity index (χ4v) is 3.95. The summed E-state index contributed by atoms with van der Waals surface area (Å²) >= 11 is 0. The number of alkyl carbamates (subject to hydrolysis) is 1. The average Bonchev–Trinajstić information content (AvgIpc) is 3.37. The molecule has 0 spiro atoms. The molecule has 8 nitrogen and oxygen atoms in total. The summed E-state index contributed by atoms with van der Waals surface area (Å²) in [6.45, 7) is 3.55. The van der Waals surface area contributed by atoms with Gasteiger partial charge in [0.1, 0.15) is 12.4 Å². The largest absolute Gasteiger partial charge is 0.466 e. The highest BCUT2D eigenvalue weighted by atomic mass is 16.6. The third kappa shape index (κ3) is 3.58. The molecular formula is C20H23NO7. The van der Waals surface area contributed by atoms with E-state index in [2.05, 4.69) is 5.32 Å². The molecule has 4 atom stereocenters. The molecule has 1 N–H and O–H groups in total. The average molecular weight is 389 g/mol. The van der Waals surface area contributed by atoms with Crippen molar-refractivity contribution in [3.63, 3.8) is 0 Å². The van der Waals surface area contributed by atoms with Gasteiger partial charge in [-0.15, -0.1) is 0 Å². The van der Waals surface area contributed by atoms with E-state index >= 15 is 0 Å². The van der Waals surface area contributed by atoms with E-state index in [4.69, 9.17) is 14.2 Å². The van der Waals surface area contributed by atoms with Gasteiger partial charge in [-0.2, -0.15) is 0 Å². The first-order valence-electron chi connectivity index (χ1n) is 9.30. The van der Waals surface area contributed by atoms with Crippen LogP contribution < -0.4 is 5.32 Å². The van der Waals surface area contributed by atoms with Gasteiger partial charge < -0.3 is 19.5 Å². The summed E-state index contributed by atoms with van der Waals surface area (Å²) < 4.78 is 15.3. The highest BCUT2D eigenvalue weighted by molar-refractivity contribution is 6.04. The van der Waals surface area contributed by atoms with Gasteiger partial charge in [0.2, 0.25) is 0 Å². The highest BCUT2D eigenvalue weighted by Gasteiger charge is 2.76. The summed E-state index contributed by atoms with van der Waals surface area (Å²) in [4.78, 5) is 49.7. The SMILES string of the molecule is CCOC(=O)C1C2C(=O)CC(NC(=O)OCc3ccccc3)(C(=O)OCC)C21. The van der Waals surface area contributed by atoms with Crippen molar-refractivity contribution < 1.29 is 33.4 Å². The van der Waals surface area contributed by atoms with E-state index in [9.17, 15) is 19.2 Å². The molecule has 1 aromatic carbocycles. The Labute approximate surface area is 162 Å². The summed E-state index contributed by atoms with van der Waals surface area (Å²) in [6, 6.07) is 9.05. The molecule has 2 aliphatic carbocycles. The van der Waals surface area contributed by atoms with Crippen LogP contribution in [0.1, 0.15) is 25.8 Å². The number of hydrogen-bond acceptors (Lipinski definition) is 7. The highest BCUT2D eigenvalue weighted by Crippen LogP contribution is 2.61. The number of benzene rings is 1. The zero-order valence-corrected chi connectivity index (χ0v) is 15.8. The molecule has 0 saturated heterocycles. The maximum atomic E-state index is 12.7.